The lowest BCUT2D eigenvalue weighted by Crippen LogP contribution is -2.14. The van der Waals surface area contributed by atoms with Crippen LogP contribution in [0.25, 0.3) is 0 Å². The van der Waals surface area contributed by atoms with Crippen molar-refractivity contribution in [1.29, 1.82) is 0 Å². The maximum absolute atomic E-state index is 5.90. The molecule has 0 bridgehead atoms. The van der Waals surface area contributed by atoms with Crippen LogP contribution in [0, 0.1) is 0 Å². The maximum Gasteiger partial charge on any atom is 0.165 e. The summed E-state index contributed by atoms with van der Waals surface area (Å²) in [6, 6.07) is 1.99. The third kappa shape index (κ3) is 3.22. The van der Waals surface area contributed by atoms with E-state index >= 15 is 0 Å². The van der Waals surface area contributed by atoms with Crippen LogP contribution in [0.5, 0.6) is 11.5 Å². The van der Waals surface area contributed by atoms with Crippen molar-refractivity contribution >= 4 is 15.9 Å². The predicted molar refractivity (Wildman–Crippen MR) is 77.7 cm³/mol. The Hall–Kier alpha value is -0.780. The van der Waals surface area contributed by atoms with Gasteiger partial charge in [0.15, 0.2) is 11.5 Å². The van der Waals surface area contributed by atoms with Gasteiger partial charge < -0.3 is 14.3 Å². The van der Waals surface area contributed by atoms with Crippen molar-refractivity contribution in [3.63, 3.8) is 0 Å². The van der Waals surface area contributed by atoms with E-state index in [1.54, 1.807) is 7.11 Å². The Kier molecular flexibility index (Phi) is 5.07. The summed E-state index contributed by atoms with van der Waals surface area (Å²) in [5.41, 5.74) is 5.23. The lowest BCUT2D eigenvalue weighted by molar-refractivity contribution is 0.0862. The highest BCUT2D eigenvalue weighted by molar-refractivity contribution is 9.10. The molecule has 1 aliphatic heterocycles. The molecule has 106 valence electrons. The van der Waals surface area contributed by atoms with Crippen LogP contribution in [0.1, 0.15) is 37.3 Å². The van der Waals surface area contributed by atoms with Crippen molar-refractivity contribution in [1.82, 2.24) is 5.48 Å². The molecule has 2 rings (SSSR count). The number of nitrogens with one attached hydrogen (secondary N) is 1. The fourth-order valence-electron chi connectivity index (χ4n) is 2.27. The number of benzene rings is 1. The molecule has 1 aliphatic rings. The monoisotopic (exact) mass is 329 g/mol. The second-order valence-corrected chi connectivity index (χ2v) is 5.66. The van der Waals surface area contributed by atoms with Crippen LogP contribution in [0.15, 0.2) is 10.5 Å². The Balaban J connectivity index is 2.50. The van der Waals surface area contributed by atoms with Crippen LogP contribution in [0.4, 0.5) is 0 Å². The number of ether oxygens (including phenoxy) is 2. The van der Waals surface area contributed by atoms with E-state index in [4.69, 9.17) is 14.3 Å². The van der Waals surface area contributed by atoms with Crippen molar-refractivity contribution in [3.05, 3.63) is 21.7 Å². The van der Waals surface area contributed by atoms with Gasteiger partial charge >= 0.3 is 0 Å². The van der Waals surface area contributed by atoms with Gasteiger partial charge in [-0.25, -0.2) is 0 Å². The van der Waals surface area contributed by atoms with Crippen LogP contribution in [0.2, 0.25) is 0 Å². The average molecular weight is 330 g/mol. The Labute approximate surface area is 122 Å². The van der Waals surface area contributed by atoms with Gasteiger partial charge in [-0.3, -0.25) is 0 Å². The summed E-state index contributed by atoms with van der Waals surface area (Å²) in [5, 5.41) is 0. The van der Waals surface area contributed by atoms with E-state index in [0.717, 1.165) is 28.0 Å². The van der Waals surface area contributed by atoms with Gasteiger partial charge in [0.25, 0.3) is 0 Å². The normalized spacial score (nSPS) is 14.6. The minimum Gasteiger partial charge on any atom is -0.490 e. The Morgan fingerprint density at radius 3 is 2.79 bits per heavy atom. The molecule has 0 radical (unpaired) electrons. The molecule has 5 heteroatoms. The molecule has 1 heterocycles. The number of hydrogen-bond donors (Lipinski definition) is 1. The summed E-state index contributed by atoms with van der Waals surface area (Å²) in [6.07, 6.45) is 0.912. The molecule has 1 N–H and O–H groups in total. The Bertz CT molecular complexity index is 449. The fraction of sp³-hybridized carbons (Fsp3) is 0.571. The summed E-state index contributed by atoms with van der Waals surface area (Å²) in [5.74, 6) is 2.06. The molecule has 0 spiro atoms. The van der Waals surface area contributed by atoms with Crippen LogP contribution in [-0.2, 0) is 11.4 Å². The number of halogens is 1. The lowest BCUT2D eigenvalue weighted by atomic mass is 9.95. The fourth-order valence-corrected chi connectivity index (χ4v) is 2.83. The molecule has 1 aromatic rings. The molecule has 1 aromatic carbocycles. The maximum atomic E-state index is 5.90. The molecule has 0 saturated heterocycles. The summed E-state index contributed by atoms with van der Waals surface area (Å²) in [4.78, 5) is 4.96. The van der Waals surface area contributed by atoms with Crippen LogP contribution in [0.3, 0.4) is 0 Å². The molecule has 0 fully saturated rings. The molecule has 0 aromatic heterocycles. The number of rotatable bonds is 4. The molecule has 0 saturated carbocycles. The van der Waals surface area contributed by atoms with Gasteiger partial charge in [-0.1, -0.05) is 29.8 Å². The topological polar surface area (TPSA) is 39.7 Å². The van der Waals surface area contributed by atoms with Gasteiger partial charge in [0, 0.05) is 23.0 Å². The van der Waals surface area contributed by atoms with Crippen LogP contribution < -0.4 is 15.0 Å². The number of hydrogen-bond acceptors (Lipinski definition) is 4. The zero-order chi connectivity index (χ0) is 13.8. The van der Waals surface area contributed by atoms with E-state index in [-0.39, 0.29) is 0 Å². The number of hydroxylamine groups is 1. The lowest BCUT2D eigenvalue weighted by Gasteiger charge is -2.21. The second-order valence-electron chi connectivity index (χ2n) is 4.81. The van der Waals surface area contributed by atoms with Gasteiger partial charge in [-0.15, -0.1) is 0 Å². The Morgan fingerprint density at radius 1 is 1.37 bits per heavy atom. The van der Waals surface area contributed by atoms with E-state index in [1.807, 2.05) is 6.07 Å². The summed E-state index contributed by atoms with van der Waals surface area (Å²) in [6.45, 7) is 6.35. The van der Waals surface area contributed by atoms with Crippen LogP contribution in [-0.4, -0.2) is 20.3 Å². The van der Waals surface area contributed by atoms with Crippen molar-refractivity contribution < 1.29 is 14.3 Å². The van der Waals surface area contributed by atoms with Crippen molar-refractivity contribution in [2.75, 3.05) is 20.3 Å². The molecule has 0 unspecified atom stereocenters. The minimum absolute atomic E-state index is 0.349. The first kappa shape index (κ1) is 14.6. The van der Waals surface area contributed by atoms with Gasteiger partial charge in [0.05, 0.1) is 20.3 Å². The molecule has 4 nitrogen and oxygen atoms in total. The van der Waals surface area contributed by atoms with Gasteiger partial charge in [-0.2, -0.15) is 5.48 Å². The molecule has 19 heavy (non-hydrogen) atoms. The highest BCUT2D eigenvalue weighted by Crippen LogP contribution is 2.43. The van der Waals surface area contributed by atoms with Crippen molar-refractivity contribution in [2.24, 2.45) is 0 Å². The number of fused-ring (bicyclic) bond motifs is 1. The van der Waals surface area contributed by atoms with E-state index in [2.05, 4.69) is 35.3 Å². The van der Waals surface area contributed by atoms with Crippen LogP contribution >= 0.6 is 15.9 Å². The smallest absolute Gasteiger partial charge is 0.165 e. The first-order valence-electron chi connectivity index (χ1n) is 6.51. The standard InChI is InChI=1S/C14H20BrNO3/c1-9(2)13-10(8-16-17-3)11(15)7-12-14(13)19-6-4-5-18-12/h7,9,16H,4-6,8H2,1-3H3. The van der Waals surface area contributed by atoms with Gasteiger partial charge in [-0.05, 0) is 17.5 Å². The molecular formula is C14H20BrNO3. The third-order valence-corrected chi connectivity index (χ3v) is 3.81. The zero-order valence-corrected chi connectivity index (χ0v) is 13.2. The van der Waals surface area contributed by atoms with Crippen molar-refractivity contribution in [2.45, 2.75) is 32.7 Å². The summed E-state index contributed by atoms with van der Waals surface area (Å²) >= 11 is 3.62. The second kappa shape index (κ2) is 6.59. The highest BCUT2D eigenvalue weighted by atomic mass is 79.9. The zero-order valence-electron chi connectivity index (χ0n) is 11.6. The molecule has 0 aliphatic carbocycles. The van der Waals surface area contributed by atoms with E-state index < -0.39 is 0 Å². The average Bonchev–Trinajstić information content (AvgIpc) is 2.60. The SMILES string of the molecule is CONCc1c(Br)cc2c(c1C(C)C)OCCCO2. The largest absolute Gasteiger partial charge is 0.490 e. The van der Waals surface area contributed by atoms with Gasteiger partial charge in [0.1, 0.15) is 0 Å². The van der Waals surface area contributed by atoms with E-state index in [0.29, 0.717) is 25.7 Å². The van der Waals surface area contributed by atoms with E-state index in [1.165, 1.54) is 5.56 Å². The van der Waals surface area contributed by atoms with E-state index in [9.17, 15) is 0 Å². The van der Waals surface area contributed by atoms with Crippen molar-refractivity contribution in [3.8, 4) is 11.5 Å². The molecule has 0 amide bonds. The minimum atomic E-state index is 0.349. The third-order valence-electron chi connectivity index (χ3n) is 3.10. The van der Waals surface area contributed by atoms with Gasteiger partial charge in [0.2, 0.25) is 0 Å². The first-order chi connectivity index (χ1) is 9.15. The molecule has 0 atom stereocenters. The summed E-state index contributed by atoms with van der Waals surface area (Å²) in [7, 11) is 1.62. The summed E-state index contributed by atoms with van der Waals surface area (Å²) < 4.78 is 12.7. The quantitative estimate of drug-likeness (QED) is 0.859. The molecular weight excluding hydrogens is 310 g/mol. The Morgan fingerprint density at radius 2 is 2.11 bits per heavy atom. The highest BCUT2D eigenvalue weighted by Gasteiger charge is 2.23. The first-order valence-corrected chi connectivity index (χ1v) is 7.31. The predicted octanol–water partition coefficient (Wildman–Crippen LogP) is 3.38.